The van der Waals surface area contributed by atoms with Crippen LogP contribution in [0.3, 0.4) is 0 Å². The Kier molecular flexibility index (Phi) is 4.36. The van der Waals surface area contributed by atoms with Gasteiger partial charge in [-0.3, -0.25) is 4.79 Å². The second kappa shape index (κ2) is 6.02. The number of carboxylic acids is 1. The molecule has 0 saturated heterocycles. The molecule has 0 atom stereocenters. The number of benzene rings is 1. The molecule has 0 aliphatic heterocycles. The second-order valence-electron chi connectivity index (χ2n) is 3.90. The third-order valence-electron chi connectivity index (χ3n) is 2.48. The number of carboxylic acid groups (broad SMARTS) is 1. The van der Waals surface area contributed by atoms with Gasteiger partial charge < -0.3 is 10.4 Å². The molecule has 1 heterocycles. The maximum absolute atomic E-state index is 13.0. The molecule has 104 valence electrons. The molecule has 2 aromatic rings. The predicted octanol–water partition coefficient (Wildman–Crippen LogP) is 3.17. The lowest BCUT2D eigenvalue weighted by Crippen LogP contribution is -2.21. The van der Waals surface area contributed by atoms with E-state index in [2.05, 4.69) is 5.32 Å². The molecule has 2 N–H and O–H groups in total. The molecule has 4 nitrogen and oxygen atoms in total. The molecular formula is C13H9ClFNO3S. The predicted molar refractivity (Wildman–Crippen MR) is 73.9 cm³/mol. The average Bonchev–Trinajstić information content (AvgIpc) is 2.89. The fourth-order valence-corrected chi connectivity index (χ4v) is 2.46. The number of nitrogens with one attached hydrogen (secondary N) is 1. The summed E-state index contributed by atoms with van der Waals surface area (Å²) in [6.45, 7) is 0.180. The molecule has 2 rings (SSSR count). The Morgan fingerprint density at radius 2 is 1.95 bits per heavy atom. The molecular weight excluding hydrogens is 305 g/mol. The van der Waals surface area contributed by atoms with E-state index in [4.69, 9.17) is 16.7 Å². The highest BCUT2D eigenvalue weighted by Crippen LogP contribution is 2.18. The minimum absolute atomic E-state index is 0.0129. The third-order valence-corrected chi connectivity index (χ3v) is 3.84. The number of rotatable bonds is 4. The third kappa shape index (κ3) is 3.34. The maximum Gasteiger partial charge on any atom is 0.345 e. The standard InChI is InChI=1S/C13H9ClFNO3S/c14-8-5-7(1-2-9(8)15)6-16-12(17)10-3-4-11(20-10)13(18)19/h1-5H,6H2,(H,16,17)(H,18,19). The van der Waals surface area contributed by atoms with Gasteiger partial charge >= 0.3 is 5.97 Å². The first-order chi connectivity index (χ1) is 9.47. The van der Waals surface area contributed by atoms with Crippen molar-refractivity contribution < 1.29 is 19.1 Å². The van der Waals surface area contributed by atoms with Gasteiger partial charge in [-0.05, 0) is 29.8 Å². The van der Waals surface area contributed by atoms with Gasteiger partial charge in [-0.15, -0.1) is 11.3 Å². The van der Waals surface area contributed by atoms with Crippen molar-refractivity contribution in [2.45, 2.75) is 6.54 Å². The molecule has 0 aliphatic carbocycles. The number of thiophene rings is 1. The number of halogens is 2. The van der Waals surface area contributed by atoms with Crippen molar-refractivity contribution in [3.05, 3.63) is 56.5 Å². The molecule has 1 amide bonds. The van der Waals surface area contributed by atoms with E-state index in [0.29, 0.717) is 10.4 Å². The van der Waals surface area contributed by atoms with E-state index in [1.54, 1.807) is 0 Å². The lowest BCUT2D eigenvalue weighted by atomic mass is 10.2. The van der Waals surface area contributed by atoms with Crippen molar-refractivity contribution in [2.75, 3.05) is 0 Å². The van der Waals surface area contributed by atoms with Crippen LogP contribution in [0.1, 0.15) is 24.9 Å². The normalized spacial score (nSPS) is 10.3. The number of hydrogen-bond acceptors (Lipinski definition) is 3. The SMILES string of the molecule is O=C(O)c1ccc(C(=O)NCc2ccc(F)c(Cl)c2)s1. The van der Waals surface area contributed by atoms with E-state index in [1.165, 1.54) is 30.3 Å². The highest BCUT2D eigenvalue weighted by molar-refractivity contribution is 7.15. The summed E-state index contributed by atoms with van der Waals surface area (Å²) in [5.74, 6) is -1.98. The first kappa shape index (κ1) is 14.5. The summed E-state index contributed by atoms with van der Waals surface area (Å²) in [4.78, 5) is 22.9. The van der Waals surface area contributed by atoms with Crippen LogP contribution in [0.2, 0.25) is 5.02 Å². The quantitative estimate of drug-likeness (QED) is 0.911. The highest BCUT2D eigenvalue weighted by Gasteiger charge is 2.12. The fraction of sp³-hybridized carbons (Fsp3) is 0.0769. The van der Waals surface area contributed by atoms with E-state index < -0.39 is 11.8 Å². The zero-order valence-corrected chi connectivity index (χ0v) is 11.6. The van der Waals surface area contributed by atoms with Crippen LogP contribution < -0.4 is 5.32 Å². The van der Waals surface area contributed by atoms with Crippen LogP contribution in [0.25, 0.3) is 0 Å². The Bertz CT molecular complexity index is 671. The molecule has 7 heteroatoms. The topological polar surface area (TPSA) is 66.4 Å². The summed E-state index contributed by atoms with van der Waals surface area (Å²) in [5.41, 5.74) is 0.653. The van der Waals surface area contributed by atoms with Gasteiger partial charge in [-0.1, -0.05) is 17.7 Å². The largest absolute Gasteiger partial charge is 0.477 e. The monoisotopic (exact) mass is 313 g/mol. The first-order valence-corrected chi connectivity index (χ1v) is 6.72. The molecule has 1 aromatic carbocycles. The van der Waals surface area contributed by atoms with E-state index in [9.17, 15) is 14.0 Å². The molecule has 0 fully saturated rings. The van der Waals surface area contributed by atoms with E-state index >= 15 is 0 Å². The van der Waals surface area contributed by atoms with Crippen LogP contribution in [0, 0.1) is 5.82 Å². The van der Waals surface area contributed by atoms with E-state index in [-0.39, 0.29) is 22.4 Å². The van der Waals surface area contributed by atoms with Gasteiger partial charge in [0.2, 0.25) is 0 Å². The van der Waals surface area contributed by atoms with Crippen molar-refractivity contribution in [2.24, 2.45) is 0 Å². The van der Waals surface area contributed by atoms with Gasteiger partial charge in [0, 0.05) is 6.54 Å². The molecule has 0 saturated carbocycles. The number of amides is 1. The summed E-state index contributed by atoms with van der Waals surface area (Å²) in [5, 5.41) is 11.4. The van der Waals surface area contributed by atoms with Crippen LogP contribution in [0.15, 0.2) is 30.3 Å². The minimum atomic E-state index is -1.07. The highest BCUT2D eigenvalue weighted by atomic mass is 35.5. The summed E-state index contributed by atoms with van der Waals surface area (Å²) >= 11 is 6.53. The molecule has 0 radical (unpaired) electrons. The fourth-order valence-electron chi connectivity index (χ4n) is 1.49. The van der Waals surface area contributed by atoms with Crippen molar-refractivity contribution in [3.63, 3.8) is 0 Å². The van der Waals surface area contributed by atoms with Crippen LogP contribution in [-0.4, -0.2) is 17.0 Å². The van der Waals surface area contributed by atoms with Gasteiger partial charge in [0.1, 0.15) is 10.7 Å². The van der Waals surface area contributed by atoms with Gasteiger partial charge in [-0.2, -0.15) is 0 Å². The van der Waals surface area contributed by atoms with Crippen molar-refractivity contribution in [1.82, 2.24) is 5.32 Å². The molecule has 0 aliphatic rings. The lowest BCUT2D eigenvalue weighted by molar-refractivity contribution is 0.0702. The number of carbonyl (C=O) groups excluding carboxylic acids is 1. The van der Waals surface area contributed by atoms with Crippen LogP contribution in [0.5, 0.6) is 0 Å². The Labute approximate surface area is 122 Å². The van der Waals surface area contributed by atoms with Crippen LogP contribution in [-0.2, 0) is 6.54 Å². The average molecular weight is 314 g/mol. The minimum Gasteiger partial charge on any atom is -0.477 e. The maximum atomic E-state index is 13.0. The van der Waals surface area contributed by atoms with Crippen molar-refractivity contribution >= 4 is 34.8 Å². The van der Waals surface area contributed by atoms with Gasteiger partial charge in [0.25, 0.3) is 5.91 Å². The number of hydrogen-bond donors (Lipinski definition) is 2. The van der Waals surface area contributed by atoms with Gasteiger partial charge in [-0.25, -0.2) is 9.18 Å². The Hall–Kier alpha value is -1.92. The zero-order chi connectivity index (χ0) is 14.7. The molecule has 0 bridgehead atoms. The summed E-state index contributed by atoms with van der Waals surface area (Å²) in [6.07, 6.45) is 0. The zero-order valence-electron chi connectivity index (χ0n) is 10.0. The smallest absolute Gasteiger partial charge is 0.345 e. The Morgan fingerprint density at radius 3 is 2.55 bits per heavy atom. The van der Waals surface area contributed by atoms with Crippen LogP contribution >= 0.6 is 22.9 Å². The van der Waals surface area contributed by atoms with Crippen molar-refractivity contribution in [3.8, 4) is 0 Å². The Morgan fingerprint density at radius 1 is 1.25 bits per heavy atom. The number of carbonyl (C=O) groups is 2. The number of aromatic carboxylic acids is 1. The van der Waals surface area contributed by atoms with E-state index in [0.717, 1.165) is 11.3 Å². The van der Waals surface area contributed by atoms with Gasteiger partial charge in [0.15, 0.2) is 0 Å². The van der Waals surface area contributed by atoms with Crippen LogP contribution in [0.4, 0.5) is 4.39 Å². The lowest BCUT2D eigenvalue weighted by Gasteiger charge is -2.04. The van der Waals surface area contributed by atoms with Crippen molar-refractivity contribution in [1.29, 1.82) is 0 Å². The molecule has 0 spiro atoms. The molecule has 20 heavy (non-hydrogen) atoms. The molecule has 1 aromatic heterocycles. The first-order valence-electron chi connectivity index (χ1n) is 5.52. The summed E-state index contributed by atoms with van der Waals surface area (Å²) in [7, 11) is 0. The van der Waals surface area contributed by atoms with Gasteiger partial charge in [0.05, 0.1) is 9.90 Å². The second-order valence-corrected chi connectivity index (χ2v) is 5.39. The molecule has 0 unspecified atom stereocenters. The summed E-state index contributed by atoms with van der Waals surface area (Å²) in [6, 6.07) is 6.97. The Balaban J connectivity index is 2.00. The summed E-state index contributed by atoms with van der Waals surface area (Å²) < 4.78 is 13.0. The van der Waals surface area contributed by atoms with E-state index in [1.807, 2.05) is 0 Å².